The van der Waals surface area contributed by atoms with E-state index in [1.807, 2.05) is 0 Å². The highest BCUT2D eigenvalue weighted by Crippen LogP contribution is 2.17. The van der Waals surface area contributed by atoms with E-state index in [0.29, 0.717) is 0 Å². The molecule has 1 aromatic heterocycles. The van der Waals surface area contributed by atoms with Crippen molar-refractivity contribution in [1.82, 2.24) is 25.1 Å². The van der Waals surface area contributed by atoms with E-state index in [1.165, 1.54) is 4.80 Å². The number of aryl methyl sites for hydroxylation is 1. The van der Waals surface area contributed by atoms with Gasteiger partial charge in [0.25, 0.3) is 0 Å². The zero-order chi connectivity index (χ0) is 12.2. The van der Waals surface area contributed by atoms with E-state index >= 15 is 0 Å². The summed E-state index contributed by atoms with van der Waals surface area (Å²) < 4.78 is 36.6. The Kier molecular flexibility index (Phi) is 4.48. The summed E-state index contributed by atoms with van der Waals surface area (Å²) in [6, 6.07) is 0. The molecule has 0 aliphatic heterocycles. The van der Waals surface area contributed by atoms with Crippen LogP contribution in [0.3, 0.4) is 0 Å². The van der Waals surface area contributed by atoms with E-state index in [1.54, 1.807) is 7.05 Å². The number of aromatic nitrogens is 4. The van der Waals surface area contributed by atoms with Crippen molar-refractivity contribution < 1.29 is 13.2 Å². The average Bonchev–Trinajstić information content (AvgIpc) is 2.48. The van der Waals surface area contributed by atoms with Crippen LogP contribution in [0.25, 0.3) is 0 Å². The van der Waals surface area contributed by atoms with Gasteiger partial charge in [0, 0.05) is 12.4 Å². The van der Waals surface area contributed by atoms with Crippen LogP contribution in [0.2, 0.25) is 0 Å². The fourth-order valence-electron chi connectivity index (χ4n) is 1.17. The molecule has 0 aliphatic rings. The van der Waals surface area contributed by atoms with Crippen LogP contribution in [0, 0.1) is 0 Å². The van der Waals surface area contributed by atoms with Crippen LogP contribution in [0.4, 0.5) is 13.2 Å². The van der Waals surface area contributed by atoms with Crippen molar-refractivity contribution in [3.63, 3.8) is 0 Å². The summed E-state index contributed by atoms with van der Waals surface area (Å²) in [6.07, 6.45) is -4.26. The lowest BCUT2D eigenvalue weighted by molar-refractivity contribution is -0.146. The minimum Gasteiger partial charge on any atom is -0.286 e. The fourth-order valence-corrected chi connectivity index (χ4v) is 1.41. The van der Waals surface area contributed by atoms with Crippen molar-refractivity contribution in [2.75, 3.05) is 19.0 Å². The van der Waals surface area contributed by atoms with Crippen LogP contribution in [0.5, 0.6) is 0 Å². The number of rotatable bonds is 5. The van der Waals surface area contributed by atoms with E-state index in [9.17, 15) is 13.2 Å². The minimum atomic E-state index is -4.26. The maximum absolute atomic E-state index is 12.2. The summed E-state index contributed by atoms with van der Waals surface area (Å²) >= 11 is 5.43. The molecule has 0 aliphatic carbocycles. The first-order valence-electron chi connectivity index (χ1n) is 4.48. The first-order valence-corrected chi connectivity index (χ1v) is 5.02. The minimum absolute atomic E-state index is 0.0138. The van der Waals surface area contributed by atoms with Gasteiger partial charge < -0.3 is 0 Å². The van der Waals surface area contributed by atoms with Crippen molar-refractivity contribution in [3.8, 4) is 0 Å². The molecule has 0 spiro atoms. The Morgan fingerprint density at radius 2 is 2.12 bits per heavy atom. The molecular formula is C7H11ClF3N5. The zero-order valence-electron chi connectivity index (χ0n) is 8.58. The quantitative estimate of drug-likeness (QED) is 0.733. The Hall–Kier alpha value is -0.890. The number of halogens is 4. The number of hydrogen-bond donors (Lipinski definition) is 0. The molecule has 0 unspecified atom stereocenters. The van der Waals surface area contributed by atoms with Crippen LogP contribution < -0.4 is 0 Å². The molecule has 1 heterocycles. The van der Waals surface area contributed by atoms with Crippen molar-refractivity contribution in [1.29, 1.82) is 0 Å². The van der Waals surface area contributed by atoms with Gasteiger partial charge in [-0.3, -0.25) is 4.90 Å². The molecule has 0 saturated carbocycles. The summed E-state index contributed by atoms with van der Waals surface area (Å²) in [7, 11) is 1.55. The molecule has 0 fully saturated rings. The Bertz CT molecular complexity index is 326. The topological polar surface area (TPSA) is 46.8 Å². The first kappa shape index (κ1) is 13.2. The lowest BCUT2D eigenvalue weighted by atomic mass is 10.4. The second kappa shape index (κ2) is 5.44. The second-order valence-corrected chi connectivity index (χ2v) is 3.59. The summed E-state index contributed by atoms with van der Waals surface area (Å²) in [5, 5.41) is 11.0. The van der Waals surface area contributed by atoms with E-state index in [-0.39, 0.29) is 24.8 Å². The molecule has 0 N–H and O–H groups in total. The lowest BCUT2D eigenvalue weighted by Gasteiger charge is -2.20. The molecule has 0 atom stereocenters. The molecule has 16 heavy (non-hydrogen) atoms. The van der Waals surface area contributed by atoms with Crippen molar-refractivity contribution in [2.45, 2.75) is 12.7 Å². The molecule has 5 nitrogen and oxygen atoms in total. The Balaban J connectivity index is 2.57. The van der Waals surface area contributed by atoms with E-state index in [2.05, 4.69) is 15.4 Å². The molecule has 9 heteroatoms. The Morgan fingerprint density at radius 1 is 1.44 bits per heavy atom. The van der Waals surface area contributed by atoms with Gasteiger partial charge in [0.05, 0.1) is 20.1 Å². The molecular weight excluding hydrogens is 247 g/mol. The van der Waals surface area contributed by atoms with Gasteiger partial charge in [-0.1, -0.05) is 0 Å². The highest BCUT2D eigenvalue weighted by Gasteiger charge is 2.30. The maximum Gasteiger partial charge on any atom is 0.401 e. The monoisotopic (exact) mass is 257 g/mol. The molecule has 0 aromatic carbocycles. The van der Waals surface area contributed by atoms with Gasteiger partial charge in [-0.15, -0.1) is 21.8 Å². The highest BCUT2D eigenvalue weighted by molar-refractivity contribution is 6.18. The zero-order valence-corrected chi connectivity index (χ0v) is 9.33. The number of nitrogens with zero attached hydrogens (tertiary/aromatic N) is 5. The SMILES string of the molecule is Cn1nnc(CN(CCCl)CC(F)(F)F)n1. The van der Waals surface area contributed by atoms with Crippen LogP contribution >= 0.6 is 11.6 Å². The van der Waals surface area contributed by atoms with Gasteiger partial charge in [-0.25, -0.2) is 0 Å². The summed E-state index contributed by atoms with van der Waals surface area (Å²) in [5.41, 5.74) is 0. The Labute approximate surface area is 95.2 Å². The van der Waals surface area contributed by atoms with Crippen molar-refractivity contribution >= 4 is 11.6 Å². The normalized spacial score (nSPS) is 12.4. The molecule has 0 amide bonds. The van der Waals surface area contributed by atoms with Gasteiger partial charge in [0.2, 0.25) is 0 Å². The van der Waals surface area contributed by atoms with E-state index in [0.717, 1.165) is 4.90 Å². The van der Waals surface area contributed by atoms with Gasteiger partial charge >= 0.3 is 6.18 Å². The maximum atomic E-state index is 12.2. The fraction of sp³-hybridized carbons (Fsp3) is 0.857. The average molecular weight is 258 g/mol. The van der Waals surface area contributed by atoms with Gasteiger partial charge in [-0.2, -0.15) is 18.0 Å². The van der Waals surface area contributed by atoms with Crippen LogP contribution in [0.15, 0.2) is 0 Å². The summed E-state index contributed by atoms with van der Waals surface area (Å²) in [4.78, 5) is 2.33. The molecule has 1 rings (SSSR count). The van der Waals surface area contributed by atoms with Gasteiger partial charge in [0.15, 0.2) is 5.82 Å². The van der Waals surface area contributed by atoms with Gasteiger partial charge in [-0.05, 0) is 5.21 Å². The summed E-state index contributed by atoms with van der Waals surface area (Å²) in [6.45, 7) is -0.919. The number of tetrazole rings is 1. The van der Waals surface area contributed by atoms with E-state index in [4.69, 9.17) is 11.6 Å². The molecule has 0 bridgehead atoms. The number of hydrogen-bond acceptors (Lipinski definition) is 4. The first-order chi connectivity index (χ1) is 7.40. The Morgan fingerprint density at radius 3 is 2.56 bits per heavy atom. The van der Waals surface area contributed by atoms with Crippen LogP contribution in [-0.2, 0) is 13.6 Å². The molecule has 1 aromatic rings. The van der Waals surface area contributed by atoms with Crippen LogP contribution in [-0.4, -0.2) is 50.3 Å². The third kappa shape index (κ3) is 4.75. The molecule has 0 radical (unpaired) electrons. The number of alkyl halides is 4. The highest BCUT2D eigenvalue weighted by atomic mass is 35.5. The van der Waals surface area contributed by atoms with Gasteiger partial charge in [0.1, 0.15) is 0 Å². The predicted molar refractivity (Wildman–Crippen MR) is 50.9 cm³/mol. The largest absolute Gasteiger partial charge is 0.401 e. The third-order valence-corrected chi connectivity index (χ3v) is 1.89. The third-order valence-electron chi connectivity index (χ3n) is 1.72. The van der Waals surface area contributed by atoms with E-state index < -0.39 is 12.7 Å². The lowest BCUT2D eigenvalue weighted by Crippen LogP contribution is -2.35. The van der Waals surface area contributed by atoms with Crippen molar-refractivity contribution in [3.05, 3.63) is 5.82 Å². The molecule has 92 valence electrons. The van der Waals surface area contributed by atoms with Crippen LogP contribution in [0.1, 0.15) is 5.82 Å². The standard InChI is InChI=1S/C7H11ClF3N5/c1-15-13-6(12-14-15)4-16(3-2-8)5-7(9,10)11/h2-5H2,1H3. The summed E-state index contributed by atoms with van der Waals surface area (Å²) in [5.74, 6) is 0.368. The smallest absolute Gasteiger partial charge is 0.286 e. The predicted octanol–water partition coefficient (Wildman–Crippen LogP) is 0.813. The second-order valence-electron chi connectivity index (χ2n) is 3.21. The molecule has 0 saturated heterocycles. The van der Waals surface area contributed by atoms with Crippen molar-refractivity contribution in [2.24, 2.45) is 7.05 Å².